The van der Waals surface area contributed by atoms with Crippen LogP contribution in [0.4, 0.5) is 0 Å². The lowest BCUT2D eigenvalue weighted by atomic mass is 9.87. The minimum atomic E-state index is -3.24. The molecule has 0 saturated heterocycles. The van der Waals surface area contributed by atoms with Gasteiger partial charge < -0.3 is 5.11 Å². The molecule has 25 heavy (non-hydrogen) atoms. The summed E-state index contributed by atoms with van der Waals surface area (Å²) in [7, 11) is -3.24. The smallest absolute Gasteiger partial charge is 0.178 e. The largest absolute Gasteiger partial charge is 0.396 e. The molecule has 0 heterocycles. The summed E-state index contributed by atoms with van der Waals surface area (Å²) in [6.07, 6.45) is 1.99. The first kappa shape index (κ1) is 19.7. The van der Waals surface area contributed by atoms with E-state index in [9.17, 15) is 8.42 Å². The van der Waals surface area contributed by atoms with Crippen LogP contribution < -0.4 is 0 Å². The Labute approximate surface area is 151 Å². The Balaban J connectivity index is 1.95. The lowest BCUT2D eigenvalue weighted by Gasteiger charge is -2.19. The summed E-state index contributed by atoms with van der Waals surface area (Å²) in [5.41, 5.74) is 3.37. The number of hydrogen-bond donors (Lipinski definition) is 1. The topological polar surface area (TPSA) is 54.4 Å². The number of aliphatic hydroxyl groups is 1. The van der Waals surface area contributed by atoms with Gasteiger partial charge in [-0.15, -0.1) is 0 Å². The van der Waals surface area contributed by atoms with Crippen LogP contribution in [0, 0.1) is 0 Å². The monoisotopic (exact) mass is 360 g/mol. The molecule has 0 spiro atoms. The highest BCUT2D eigenvalue weighted by Crippen LogP contribution is 2.24. The second kappa shape index (κ2) is 8.15. The summed E-state index contributed by atoms with van der Waals surface area (Å²) in [6, 6.07) is 15.3. The zero-order valence-corrected chi connectivity index (χ0v) is 16.1. The zero-order chi connectivity index (χ0) is 18.5. The first-order chi connectivity index (χ1) is 11.7. The quantitative estimate of drug-likeness (QED) is 0.814. The van der Waals surface area contributed by atoms with Crippen molar-refractivity contribution in [3.63, 3.8) is 0 Å². The third kappa shape index (κ3) is 5.68. The fourth-order valence-electron chi connectivity index (χ4n) is 2.75. The van der Waals surface area contributed by atoms with Gasteiger partial charge in [0.1, 0.15) is 0 Å². The van der Waals surface area contributed by atoms with Crippen LogP contribution in [-0.2, 0) is 28.1 Å². The summed E-state index contributed by atoms with van der Waals surface area (Å²) in [4.78, 5) is 0.402. The molecule has 0 amide bonds. The number of sulfone groups is 1. The fourth-order valence-corrected chi connectivity index (χ4v) is 4.06. The number of benzene rings is 2. The maximum absolute atomic E-state index is 12.5. The van der Waals surface area contributed by atoms with Gasteiger partial charge in [0.25, 0.3) is 0 Å². The Hall–Kier alpha value is -1.65. The van der Waals surface area contributed by atoms with Gasteiger partial charge in [-0.3, -0.25) is 0 Å². The Bertz CT molecular complexity index is 767. The second-order valence-corrected chi connectivity index (χ2v) is 9.60. The average Bonchev–Trinajstić information content (AvgIpc) is 2.56. The number of rotatable bonds is 7. The lowest BCUT2D eigenvalue weighted by Crippen LogP contribution is -2.12. The zero-order valence-electron chi connectivity index (χ0n) is 15.3. The van der Waals surface area contributed by atoms with Crippen molar-refractivity contribution in [1.29, 1.82) is 0 Å². The van der Waals surface area contributed by atoms with E-state index in [1.165, 1.54) is 0 Å². The summed E-state index contributed by atoms with van der Waals surface area (Å²) >= 11 is 0. The van der Waals surface area contributed by atoms with Crippen molar-refractivity contribution >= 4 is 9.84 Å². The van der Waals surface area contributed by atoms with Crippen molar-refractivity contribution in [3.8, 4) is 0 Å². The molecular weight excluding hydrogens is 332 g/mol. The molecule has 0 aliphatic carbocycles. The third-order valence-corrected chi connectivity index (χ3v) is 6.20. The van der Waals surface area contributed by atoms with Gasteiger partial charge in [0.2, 0.25) is 0 Å². The molecule has 136 valence electrons. The number of hydrogen-bond acceptors (Lipinski definition) is 3. The lowest BCUT2D eigenvalue weighted by molar-refractivity contribution is 0.299. The summed E-state index contributed by atoms with van der Waals surface area (Å²) < 4.78 is 25.0. The van der Waals surface area contributed by atoms with Crippen molar-refractivity contribution < 1.29 is 13.5 Å². The van der Waals surface area contributed by atoms with Crippen molar-refractivity contribution in [3.05, 3.63) is 65.2 Å². The third-order valence-electron chi connectivity index (χ3n) is 4.38. The van der Waals surface area contributed by atoms with Gasteiger partial charge in [0.05, 0.1) is 10.6 Å². The van der Waals surface area contributed by atoms with E-state index in [1.54, 1.807) is 12.1 Å². The van der Waals surface area contributed by atoms with Crippen molar-refractivity contribution in [1.82, 2.24) is 0 Å². The van der Waals surface area contributed by atoms with Crippen LogP contribution in [0.2, 0.25) is 0 Å². The summed E-state index contributed by atoms with van der Waals surface area (Å²) in [5.74, 6) is 0.153. The number of aliphatic hydroxyl groups excluding tert-OH is 1. The van der Waals surface area contributed by atoms with E-state index in [2.05, 4.69) is 20.8 Å². The molecule has 0 bridgehead atoms. The van der Waals surface area contributed by atoms with Crippen LogP contribution in [0.15, 0.2) is 53.4 Å². The fraction of sp³-hybridized carbons (Fsp3) is 0.429. The molecule has 3 nitrogen and oxygen atoms in total. The van der Waals surface area contributed by atoms with Gasteiger partial charge in [-0.2, -0.15) is 0 Å². The van der Waals surface area contributed by atoms with E-state index in [4.69, 9.17) is 5.11 Å². The first-order valence-corrected chi connectivity index (χ1v) is 10.4. The predicted octanol–water partition coefficient (Wildman–Crippen LogP) is 3.93. The van der Waals surface area contributed by atoms with Gasteiger partial charge in [-0.1, -0.05) is 57.2 Å². The maximum atomic E-state index is 12.5. The first-order valence-electron chi connectivity index (χ1n) is 8.74. The molecule has 0 fully saturated rings. The molecule has 0 aromatic heterocycles. The molecule has 2 aromatic carbocycles. The molecule has 1 N–H and O–H groups in total. The highest BCUT2D eigenvalue weighted by Gasteiger charge is 2.17. The molecule has 0 atom stereocenters. The van der Waals surface area contributed by atoms with Crippen LogP contribution in [-0.4, -0.2) is 25.9 Å². The molecule has 2 aromatic rings. The molecule has 4 heteroatoms. The summed E-state index contributed by atoms with van der Waals surface area (Å²) in [5, 5.41) is 8.92. The SMILES string of the molecule is CC(C)(C)c1ccc(S(=O)(=O)CCCc2ccc(CCO)cc2)cc1. The second-order valence-electron chi connectivity index (χ2n) is 7.49. The van der Waals surface area contributed by atoms with E-state index in [0.29, 0.717) is 17.7 Å². The van der Waals surface area contributed by atoms with Crippen LogP contribution in [0.3, 0.4) is 0 Å². The Morgan fingerprint density at radius 2 is 1.36 bits per heavy atom. The standard InChI is InChI=1S/C21H28O3S/c1-21(2,3)19-10-12-20(13-11-19)25(23,24)16-4-5-17-6-8-18(9-7-17)14-15-22/h6-13,22H,4-5,14-16H2,1-3H3. The molecule has 2 rings (SSSR count). The number of aryl methyl sites for hydroxylation is 1. The molecule has 0 aliphatic heterocycles. The molecule has 0 radical (unpaired) electrons. The molecule has 0 saturated carbocycles. The van der Waals surface area contributed by atoms with Gasteiger partial charge in [-0.25, -0.2) is 8.42 Å². The van der Waals surface area contributed by atoms with Crippen molar-refractivity contribution in [2.45, 2.75) is 50.3 Å². The highest BCUT2D eigenvalue weighted by atomic mass is 32.2. The summed E-state index contributed by atoms with van der Waals surface area (Å²) in [6.45, 7) is 6.48. The van der Waals surface area contributed by atoms with Gasteiger partial charge in [-0.05, 0) is 53.5 Å². The van der Waals surface area contributed by atoms with Crippen LogP contribution >= 0.6 is 0 Å². The van der Waals surface area contributed by atoms with Gasteiger partial charge >= 0.3 is 0 Å². The van der Waals surface area contributed by atoms with E-state index >= 15 is 0 Å². The molecular formula is C21H28O3S. The minimum absolute atomic E-state index is 0.0183. The Morgan fingerprint density at radius 1 is 0.840 bits per heavy atom. The van der Waals surface area contributed by atoms with Crippen LogP contribution in [0.5, 0.6) is 0 Å². The van der Waals surface area contributed by atoms with E-state index in [-0.39, 0.29) is 17.8 Å². The maximum Gasteiger partial charge on any atom is 0.178 e. The Morgan fingerprint density at radius 3 is 1.84 bits per heavy atom. The van der Waals surface area contributed by atoms with Gasteiger partial charge in [0.15, 0.2) is 9.84 Å². The average molecular weight is 361 g/mol. The molecule has 0 unspecified atom stereocenters. The predicted molar refractivity (Wildman–Crippen MR) is 103 cm³/mol. The highest BCUT2D eigenvalue weighted by molar-refractivity contribution is 7.91. The Kier molecular flexibility index (Phi) is 6.42. The van der Waals surface area contributed by atoms with E-state index < -0.39 is 9.84 Å². The normalized spacial score (nSPS) is 12.3. The van der Waals surface area contributed by atoms with Crippen LogP contribution in [0.25, 0.3) is 0 Å². The van der Waals surface area contributed by atoms with E-state index in [0.717, 1.165) is 23.1 Å². The van der Waals surface area contributed by atoms with Crippen molar-refractivity contribution in [2.75, 3.05) is 12.4 Å². The molecule has 0 aliphatic rings. The minimum Gasteiger partial charge on any atom is -0.396 e. The van der Waals surface area contributed by atoms with Crippen LogP contribution in [0.1, 0.15) is 43.9 Å². The van der Waals surface area contributed by atoms with Crippen molar-refractivity contribution in [2.24, 2.45) is 0 Å². The van der Waals surface area contributed by atoms with Gasteiger partial charge in [0, 0.05) is 6.61 Å². The van der Waals surface area contributed by atoms with E-state index in [1.807, 2.05) is 36.4 Å².